The summed E-state index contributed by atoms with van der Waals surface area (Å²) in [6.07, 6.45) is -4.55. The summed E-state index contributed by atoms with van der Waals surface area (Å²) >= 11 is 3.71. The fraction of sp³-hybridized carbons (Fsp3) is 0.100. The number of rotatable bonds is 2. The fourth-order valence-electron chi connectivity index (χ4n) is 1.34. The molecule has 10 heteroatoms. The first-order valence-electron chi connectivity index (χ1n) is 5.04. The monoisotopic (exact) mass is 366 g/mol. The number of amides is 1. The summed E-state index contributed by atoms with van der Waals surface area (Å²) in [6, 6.07) is 3.18. The molecule has 0 aliphatic carbocycles. The number of nitrogens with two attached hydrogens (primary N) is 1. The lowest BCUT2D eigenvalue weighted by atomic mass is 10.1. The van der Waals surface area contributed by atoms with Crippen molar-refractivity contribution in [2.24, 2.45) is 0 Å². The highest BCUT2D eigenvalue weighted by molar-refractivity contribution is 9.10. The summed E-state index contributed by atoms with van der Waals surface area (Å²) in [5, 5.41) is 9.61. The smallest absolute Gasteiger partial charge is 0.374 e. The second-order valence-electron chi connectivity index (χ2n) is 3.59. The Labute approximate surface area is 123 Å². The molecule has 5 nitrogen and oxygen atoms in total. The molecule has 0 saturated heterocycles. The molecule has 2 aromatic rings. The molecule has 1 aromatic heterocycles. The molecule has 3 N–H and O–H groups in total. The van der Waals surface area contributed by atoms with Gasteiger partial charge in [-0.2, -0.15) is 13.2 Å². The van der Waals surface area contributed by atoms with Crippen molar-refractivity contribution in [1.82, 2.24) is 10.2 Å². The van der Waals surface area contributed by atoms with Crippen LogP contribution in [0.2, 0.25) is 0 Å². The summed E-state index contributed by atoms with van der Waals surface area (Å²) in [6.45, 7) is 0. The van der Waals surface area contributed by atoms with Crippen LogP contribution in [-0.4, -0.2) is 16.1 Å². The van der Waals surface area contributed by atoms with Gasteiger partial charge in [-0.3, -0.25) is 10.1 Å². The zero-order chi connectivity index (χ0) is 14.9. The molecule has 0 aliphatic heterocycles. The predicted octanol–water partition coefficient (Wildman–Crippen LogP) is 3.15. The van der Waals surface area contributed by atoms with E-state index in [4.69, 9.17) is 5.73 Å². The number of hydrogen-bond acceptors (Lipinski definition) is 5. The third kappa shape index (κ3) is 3.25. The first kappa shape index (κ1) is 14.7. The lowest BCUT2D eigenvalue weighted by Gasteiger charge is -2.10. The molecule has 0 unspecified atom stereocenters. The van der Waals surface area contributed by atoms with Crippen molar-refractivity contribution in [1.29, 1.82) is 0 Å². The number of nitrogens with zero attached hydrogens (tertiary/aromatic N) is 2. The van der Waals surface area contributed by atoms with Crippen molar-refractivity contribution in [3.05, 3.63) is 33.8 Å². The van der Waals surface area contributed by atoms with E-state index in [2.05, 4.69) is 31.4 Å². The molecule has 0 atom stereocenters. The molecule has 1 heterocycles. The van der Waals surface area contributed by atoms with Crippen LogP contribution in [0.1, 0.15) is 15.9 Å². The normalized spacial score (nSPS) is 11.4. The first-order valence-corrected chi connectivity index (χ1v) is 6.65. The minimum absolute atomic E-state index is 0.115. The van der Waals surface area contributed by atoms with Gasteiger partial charge in [-0.1, -0.05) is 27.3 Å². The van der Waals surface area contributed by atoms with E-state index in [1.807, 2.05) is 0 Å². The Morgan fingerprint density at radius 1 is 1.35 bits per heavy atom. The van der Waals surface area contributed by atoms with Gasteiger partial charge in [-0.25, -0.2) is 0 Å². The highest BCUT2D eigenvalue weighted by atomic mass is 79.9. The maximum atomic E-state index is 12.7. The SMILES string of the molecule is Nc1nnc(NC(=O)c2ccc(Br)c(C(F)(F)F)c2)s1. The number of alkyl halides is 3. The van der Waals surface area contributed by atoms with E-state index in [1.165, 1.54) is 6.07 Å². The largest absolute Gasteiger partial charge is 0.417 e. The molecule has 0 bridgehead atoms. The van der Waals surface area contributed by atoms with Gasteiger partial charge in [-0.15, -0.1) is 10.2 Å². The Morgan fingerprint density at radius 2 is 2.05 bits per heavy atom. The Morgan fingerprint density at radius 3 is 2.60 bits per heavy atom. The topological polar surface area (TPSA) is 80.9 Å². The van der Waals surface area contributed by atoms with Gasteiger partial charge in [0, 0.05) is 10.0 Å². The maximum absolute atomic E-state index is 12.7. The van der Waals surface area contributed by atoms with Crippen molar-refractivity contribution >= 4 is 43.4 Å². The highest BCUT2D eigenvalue weighted by Gasteiger charge is 2.33. The van der Waals surface area contributed by atoms with E-state index < -0.39 is 17.6 Å². The lowest BCUT2D eigenvalue weighted by molar-refractivity contribution is -0.138. The molecule has 1 amide bonds. The third-order valence-electron chi connectivity index (χ3n) is 2.20. The molecule has 0 spiro atoms. The van der Waals surface area contributed by atoms with Crippen molar-refractivity contribution < 1.29 is 18.0 Å². The first-order chi connectivity index (χ1) is 9.27. The lowest BCUT2D eigenvalue weighted by Crippen LogP contribution is -2.14. The zero-order valence-electron chi connectivity index (χ0n) is 9.53. The van der Waals surface area contributed by atoms with Crippen LogP contribution in [0.25, 0.3) is 0 Å². The predicted molar refractivity (Wildman–Crippen MR) is 71.4 cm³/mol. The molecule has 106 valence electrons. The molecule has 0 fully saturated rings. The van der Waals surface area contributed by atoms with Crippen LogP contribution in [0.3, 0.4) is 0 Å². The van der Waals surface area contributed by atoms with E-state index in [1.54, 1.807) is 0 Å². The average molecular weight is 367 g/mol. The Hall–Kier alpha value is -1.68. The molecular formula is C10H6BrF3N4OS. The summed E-state index contributed by atoms with van der Waals surface area (Å²) in [4.78, 5) is 11.8. The molecule has 0 aliphatic rings. The van der Waals surface area contributed by atoms with E-state index in [-0.39, 0.29) is 20.3 Å². The minimum Gasteiger partial charge on any atom is -0.374 e. The summed E-state index contributed by atoms with van der Waals surface area (Å²) in [5.41, 5.74) is 4.26. The van der Waals surface area contributed by atoms with Gasteiger partial charge in [0.2, 0.25) is 10.3 Å². The van der Waals surface area contributed by atoms with Gasteiger partial charge in [0.05, 0.1) is 5.56 Å². The maximum Gasteiger partial charge on any atom is 0.417 e. The number of carbonyl (C=O) groups is 1. The molecule has 2 rings (SSSR count). The van der Waals surface area contributed by atoms with Crippen LogP contribution < -0.4 is 11.1 Å². The number of nitrogens with one attached hydrogen (secondary N) is 1. The number of nitrogen functional groups attached to an aromatic ring is 1. The van der Waals surface area contributed by atoms with Crippen molar-refractivity contribution in [3.63, 3.8) is 0 Å². The number of aromatic nitrogens is 2. The van der Waals surface area contributed by atoms with Crippen molar-refractivity contribution in [3.8, 4) is 0 Å². The van der Waals surface area contributed by atoms with Crippen LogP contribution in [-0.2, 0) is 6.18 Å². The fourth-order valence-corrected chi connectivity index (χ4v) is 2.31. The molecule has 20 heavy (non-hydrogen) atoms. The van der Waals surface area contributed by atoms with Gasteiger partial charge in [0.1, 0.15) is 0 Å². The number of anilines is 2. The molecule has 1 aromatic carbocycles. The number of halogens is 4. The quantitative estimate of drug-likeness (QED) is 0.855. The number of carbonyl (C=O) groups excluding carboxylic acids is 1. The highest BCUT2D eigenvalue weighted by Crippen LogP contribution is 2.35. The second-order valence-corrected chi connectivity index (χ2v) is 5.46. The van der Waals surface area contributed by atoms with Crippen LogP contribution in [0.15, 0.2) is 22.7 Å². The molecule has 0 saturated carbocycles. The molecule has 0 radical (unpaired) electrons. The van der Waals surface area contributed by atoms with Crippen LogP contribution in [0, 0.1) is 0 Å². The average Bonchev–Trinajstić information content (AvgIpc) is 2.73. The Kier molecular flexibility index (Phi) is 3.95. The van der Waals surface area contributed by atoms with E-state index >= 15 is 0 Å². The number of hydrogen-bond donors (Lipinski definition) is 2. The summed E-state index contributed by atoms with van der Waals surface area (Å²) in [7, 11) is 0. The van der Waals surface area contributed by atoms with Crippen molar-refractivity contribution in [2.45, 2.75) is 6.18 Å². The molecular weight excluding hydrogens is 361 g/mol. The zero-order valence-corrected chi connectivity index (χ0v) is 11.9. The van der Waals surface area contributed by atoms with Gasteiger partial charge < -0.3 is 5.73 Å². The van der Waals surface area contributed by atoms with Crippen LogP contribution in [0.4, 0.5) is 23.4 Å². The van der Waals surface area contributed by atoms with Gasteiger partial charge in [-0.05, 0) is 18.2 Å². The summed E-state index contributed by atoms with van der Waals surface area (Å²) in [5.74, 6) is -0.723. The van der Waals surface area contributed by atoms with E-state index in [9.17, 15) is 18.0 Å². The van der Waals surface area contributed by atoms with E-state index in [0.29, 0.717) is 0 Å². The van der Waals surface area contributed by atoms with Crippen molar-refractivity contribution in [2.75, 3.05) is 11.1 Å². The standard InChI is InChI=1S/C10H6BrF3N4OS/c11-6-2-1-4(3-5(6)10(12,13)14)7(19)16-9-18-17-8(15)20-9/h1-3H,(H2,15,17)(H,16,18,19). The Balaban J connectivity index is 2.27. The summed E-state index contributed by atoms with van der Waals surface area (Å²) < 4.78 is 38.0. The van der Waals surface area contributed by atoms with Crippen LogP contribution >= 0.6 is 27.3 Å². The third-order valence-corrected chi connectivity index (χ3v) is 3.55. The minimum atomic E-state index is -4.55. The van der Waals surface area contributed by atoms with Crippen LogP contribution in [0.5, 0.6) is 0 Å². The second kappa shape index (κ2) is 5.37. The van der Waals surface area contributed by atoms with Gasteiger partial charge in [0.15, 0.2) is 0 Å². The van der Waals surface area contributed by atoms with E-state index in [0.717, 1.165) is 23.5 Å². The Bertz CT molecular complexity index is 658. The number of benzene rings is 1. The van der Waals surface area contributed by atoms with Gasteiger partial charge in [0.25, 0.3) is 5.91 Å². The van der Waals surface area contributed by atoms with Gasteiger partial charge >= 0.3 is 6.18 Å².